The molecule has 0 radical (unpaired) electrons. The number of nitrogens with zero attached hydrogens (tertiary/aromatic N) is 2. The number of rotatable bonds is 11. The standard InChI is InChI=1S/C31H45BrN4O6/c1-18(2)22(16-19(3)29(41)42-36-23(37)14-15-24(36)38)35(10)28(40)26(30(4,5)6)34-27(39)25(33-9)31(7,8)20-12-11-13-21(32)17-20/h11-13,16-18,22,25-26,33H,14-15H2,1-10H3,(H,34,39)/b19-16+/t22-,25+,26-/m1/s1. The van der Waals surface area contributed by atoms with Crippen molar-refractivity contribution in [2.75, 3.05) is 14.1 Å². The Morgan fingerprint density at radius 3 is 2.10 bits per heavy atom. The van der Waals surface area contributed by atoms with Crippen molar-refractivity contribution in [3.8, 4) is 0 Å². The first-order valence-corrected chi connectivity index (χ1v) is 14.9. The third kappa shape index (κ3) is 8.28. The molecule has 1 aromatic rings. The minimum absolute atomic E-state index is 0.00483. The highest BCUT2D eigenvalue weighted by atomic mass is 79.9. The molecule has 0 spiro atoms. The second-order valence-electron chi connectivity index (χ2n) is 12.8. The molecule has 0 aliphatic carbocycles. The van der Waals surface area contributed by atoms with Crippen LogP contribution in [0.3, 0.4) is 0 Å². The van der Waals surface area contributed by atoms with Crippen LogP contribution in [0.4, 0.5) is 0 Å². The zero-order chi connectivity index (χ0) is 32.2. The average Bonchev–Trinajstić information content (AvgIpc) is 3.20. The average molecular weight is 650 g/mol. The minimum atomic E-state index is -0.883. The molecular formula is C31H45BrN4O6. The van der Waals surface area contributed by atoms with E-state index in [9.17, 15) is 24.0 Å². The summed E-state index contributed by atoms with van der Waals surface area (Å²) in [4.78, 5) is 70.8. The Morgan fingerprint density at radius 1 is 1.05 bits per heavy atom. The van der Waals surface area contributed by atoms with Gasteiger partial charge in [-0.3, -0.25) is 19.2 Å². The number of hydrogen-bond acceptors (Lipinski definition) is 7. The van der Waals surface area contributed by atoms with Crippen LogP contribution in [-0.2, 0) is 34.2 Å². The number of carbonyl (C=O) groups excluding carboxylic acids is 5. The molecule has 0 bridgehead atoms. The monoisotopic (exact) mass is 648 g/mol. The van der Waals surface area contributed by atoms with Crippen molar-refractivity contribution in [1.82, 2.24) is 20.6 Å². The predicted molar refractivity (Wildman–Crippen MR) is 164 cm³/mol. The molecule has 1 aromatic carbocycles. The molecule has 2 rings (SSSR count). The van der Waals surface area contributed by atoms with Gasteiger partial charge in [0.05, 0.1) is 12.1 Å². The quantitative estimate of drug-likeness (QED) is 0.276. The predicted octanol–water partition coefficient (Wildman–Crippen LogP) is 3.88. The van der Waals surface area contributed by atoms with Crippen molar-refractivity contribution in [3.05, 3.63) is 46.0 Å². The van der Waals surface area contributed by atoms with Crippen LogP contribution < -0.4 is 10.6 Å². The number of amides is 4. The summed E-state index contributed by atoms with van der Waals surface area (Å²) < 4.78 is 0.901. The normalized spacial score (nSPS) is 16.8. The van der Waals surface area contributed by atoms with E-state index in [4.69, 9.17) is 4.84 Å². The van der Waals surface area contributed by atoms with Crippen molar-refractivity contribution < 1.29 is 28.8 Å². The summed E-state index contributed by atoms with van der Waals surface area (Å²) in [6.07, 6.45) is 1.58. The summed E-state index contributed by atoms with van der Waals surface area (Å²) in [5.74, 6) is -2.75. The molecule has 42 heavy (non-hydrogen) atoms. The number of likely N-dealkylation sites (N-methyl/N-ethyl adjacent to an activating group) is 2. The fourth-order valence-electron chi connectivity index (χ4n) is 4.99. The van der Waals surface area contributed by atoms with Gasteiger partial charge in [-0.05, 0) is 43.0 Å². The molecule has 1 aliphatic heterocycles. The zero-order valence-corrected chi connectivity index (χ0v) is 27.9. The lowest BCUT2D eigenvalue weighted by Gasteiger charge is -2.40. The smallest absolute Gasteiger partial charge is 0.342 e. The van der Waals surface area contributed by atoms with E-state index in [0.717, 1.165) is 10.0 Å². The van der Waals surface area contributed by atoms with Crippen molar-refractivity contribution in [1.29, 1.82) is 0 Å². The Hall–Kier alpha value is -3.05. The summed E-state index contributed by atoms with van der Waals surface area (Å²) in [6, 6.07) is 5.69. The van der Waals surface area contributed by atoms with Crippen LogP contribution in [0.5, 0.6) is 0 Å². The van der Waals surface area contributed by atoms with Gasteiger partial charge in [-0.15, -0.1) is 5.06 Å². The second kappa shape index (κ2) is 13.9. The molecule has 10 nitrogen and oxygen atoms in total. The molecule has 0 aromatic heterocycles. The zero-order valence-electron chi connectivity index (χ0n) is 26.3. The van der Waals surface area contributed by atoms with Crippen LogP contribution in [0, 0.1) is 11.3 Å². The van der Waals surface area contributed by atoms with Gasteiger partial charge in [0.15, 0.2) is 0 Å². The lowest BCUT2D eigenvalue weighted by atomic mass is 9.76. The maximum Gasteiger partial charge on any atom is 0.359 e. The van der Waals surface area contributed by atoms with E-state index >= 15 is 0 Å². The number of carbonyl (C=O) groups is 5. The number of benzene rings is 1. The molecular weight excluding hydrogens is 604 g/mol. The summed E-state index contributed by atoms with van der Waals surface area (Å²) in [5, 5.41) is 6.64. The molecule has 1 heterocycles. The highest BCUT2D eigenvalue weighted by Crippen LogP contribution is 2.30. The molecule has 1 aliphatic rings. The molecule has 1 fully saturated rings. The Labute approximate surface area is 257 Å². The third-order valence-corrected chi connectivity index (χ3v) is 8.13. The number of nitrogens with one attached hydrogen (secondary N) is 2. The van der Waals surface area contributed by atoms with Gasteiger partial charge in [-0.25, -0.2) is 4.79 Å². The van der Waals surface area contributed by atoms with E-state index in [0.29, 0.717) is 5.06 Å². The fourth-order valence-corrected chi connectivity index (χ4v) is 5.39. The van der Waals surface area contributed by atoms with Crippen LogP contribution >= 0.6 is 15.9 Å². The van der Waals surface area contributed by atoms with Crippen molar-refractivity contribution in [2.45, 2.75) is 91.8 Å². The Morgan fingerprint density at radius 2 is 1.62 bits per heavy atom. The second-order valence-corrected chi connectivity index (χ2v) is 13.7. The molecule has 3 atom stereocenters. The SMILES string of the molecule is CN[C@@H](C(=O)N[C@H](C(=O)N(C)[C@H](/C=C(\C)C(=O)ON1C(=O)CCC1=O)C(C)C)C(C)(C)C)C(C)(C)c1cccc(Br)c1. The summed E-state index contributed by atoms with van der Waals surface area (Å²) in [6.45, 7) is 14.9. The van der Waals surface area contributed by atoms with Gasteiger partial charge in [0.2, 0.25) is 11.8 Å². The van der Waals surface area contributed by atoms with Gasteiger partial charge in [0.1, 0.15) is 6.04 Å². The highest BCUT2D eigenvalue weighted by Gasteiger charge is 2.42. The third-order valence-electron chi connectivity index (χ3n) is 7.64. The van der Waals surface area contributed by atoms with Gasteiger partial charge >= 0.3 is 5.97 Å². The first kappa shape index (κ1) is 35.1. The van der Waals surface area contributed by atoms with Crippen LogP contribution in [-0.4, -0.2) is 71.8 Å². The van der Waals surface area contributed by atoms with E-state index in [-0.39, 0.29) is 36.1 Å². The van der Waals surface area contributed by atoms with Crippen molar-refractivity contribution >= 4 is 45.5 Å². The van der Waals surface area contributed by atoms with Gasteiger partial charge in [0.25, 0.3) is 11.8 Å². The molecule has 0 saturated carbocycles. The molecule has 1 saturated heterocycles. The Balaban J connectivity index is 2.31. The van der Waals surface area contributed by atoms with E-state index in [1.54, 1.807) is 20.2 Å². The van der Waals surface area contributed by atoms with E-state index < -0.39 is 46.7 Å². The van der Waals surface area contributed by atoms with E-state index in [1.807, 2.05) is 72.7 Å². The molecule has 4 amide bonds. The van der Waals surface area contributed by atoms with Gasteiger partial charge in [0, 0.05) is 35.4 Å². The maximum absolute atomic E-state index is 14.0. The maximum atomic E-state index is 14.0. The van der Waals surface area contributed by atoms with Gasteiger partial charge in [-0.1, -0.05) is 82.6 Å². The minimum Gasteiger partial charge on any atom is -0.342 e. The van der Waals surface area contributed by atoms with Crippen molar-refractivity contribution in [3.63, 3.8) is 0 Å². The van der Waals surface area contributed by atoms with Crippen LogP contribution in [0.15, 0.2) is 40.4 Å². The molecule has 0 unspecified atom stereocenters. The van der Waals surface area contributed by atoms with Crippen LogP contribution in [0.1, 0.15) is 73.8 Å². The Bertz CT molecular complexity index is 1220. The first-order chi connectivity index (χ1) is 19.3. The number of hydroxylamine groups is 2. The van der Waals surface area contributed by atoms with E-state index in [2.05, 4.69) is 26.6 Å². The number of imide groups is 1. The molecule has 11 heteroatoms. The topological polar surface area (TPSA) is 125 Å². The van der Waals surface area contributed by atoms with Crippen LogP contribution in [0.25, 0.3) is 0 Å². The number of hydrogen-bond donors (Lipinski definition) is 2. The summed E-state index contributed by atoms with van der Waals surface area (Å²) in [5.41, 5.74) is -0.164. The molecule has 232 valence electrons. The van der Waals surface area contributed by atoms with Gasteiger partial charge < -0.3 is 20.4 Å². The summed E-state index contributed by atoms with van der Waals surface area (Å²) >= 11 is 3.50. The highest BCUT2D eigenvalue weighted by molar-refractivity contribution is 9.10. The fraction of sp³-hybridized carbons (Fsp3) is 0.581. The Kier molecular flexibility index (Phi) is 11.7. The lowest BCUT2D eigenvalue weighted by molar-refractivity contribution is -0.194. The first-order valence-electron chi connectivity index (χ1n) is 14.1. The largest absolute Gasteiger partial charge is 0.359 e. The van der Waals surface area contributed by atoms with E-state index in [1.165, 1.54) is 11.8 Å². The van der Waals surface area contributed by atoms with Gasteiger partial charge in [-0.2, -0.15) is 0 Å². The van der Waals surface area contributed by atoms with Crippen LogP contribution in [0.2, 0.25) is 0 Å². The molecule has 2 N–H and O–H groups in total. The van der Waals surface area contributed by atoms with Crippen molar-refractivity contribution in [2.24, 2.45) is 11.3 Å². The lowest BCUT2D eigenvalue weighted by Crippen LogP contribution is -2.61. The number of halogens is 1. The summed E-state index contributed by atoms with van der Waals surface area (Å²) in [7, 11) is 3.34.